The Labute approximate surface area is 118 Å². The highest BCUT2D eigenvalue weighted by Gasteiger charge is 2.27. The molecule has 20 heavy (non-hydrogen) atoms. The molecule has 0 bridgehead atoms. The zero-order valence-electron chi connectivity index (χ0n) is 11.7. The minimum Gasteiger partial charge on any atom is -0.366 e. The third-order valence-corrected chi connectivity index (χ3v) is 4.32. The van der Waals surface area contributed by atoms with E-state index in [0.29, 0.717) is 0 Å². The van der Waals surface area contributed by atoms with Crippen LogP contribution in [0.4, 0.5) is 5.95 Å². The molecule has 2 aliphatic heterocycles. The molecule has 1 amide bonds. The molecule has 0 spiro atoms. The molecule has 0 saturated carbocycles. The number of nitrogens with zero attached hydrogens (tertiary/aromatic N) is 4. The van der Waals surface area contributed by atoms with Gasteiger partial charge < -0.3 is 15.5 Å². The average Bonchev–Trinajstić information content (AvgIpc) is 3.10. The van der Waals surface area contributed by atoms with E-state index in [1.807, 2.05) is 4.90 Å². The molecule has 1 aromatic heterocycles. The van der Waals surface area contributed by atoms with Crippen LogP contribution in [-0.2, 0) is 0 Å². The Morgan fingerprint density at radius 2 is 1.95 bits per heavy atom. The zero-order valence-corrected chi connectivity index (χ0v) is 11.7. The van der Waals surface area contributed by atoms with E-state index in [-0.39, 0.29) is 17.7 Å². The first kappa shape index (κ1) is 13.4. The summed E-state index contributed by atoms with van der Waals surface area (Å²) in [6.45, 7) is 5.29. The molecule has 2 aliphatic rings. The molecule has 0 atom stereocenters. The number of H-pyrrole nitrogens is 1. The summed E-state index contributed by atoms with van der Waals surface area (Å²) in [4.78, 5) is 20.5. The number of nitrogen functional groups attached to an aromatic ring is 1. The number of hydrogen-bond acceptors (Lipinski definition) is 5. The number of nitrogens with one attached hydrogen (secondary N) is 1. The van der Waals surface area contributed by atoms with Crippen LogP contribution in [0.15, 0.2) is 0 Å². The number of amides is 1. The number of piperidine rings is 1. The molecule has 0 radical (unpaired) electrons. The fraction of sp³-hybridized carbons (Fsp3) is 0.769. The molecule has 2 fully saturated rings. The molecule has 0 aliphatic carbocycles. The molecular formula is C13H22N6O. The van der Waals surface area contributed by atoms with Crippen LogP contribution in [0.2, 0.25) is 0 Å². The normalized spacial score (nSPS) is 21.5. The lowest BCUT2D eigenvalue weighted by molar-refractivity contribution is 0.0661. The standard InChI is InChI=1S/C13H22N6O/c14-13-15-11(16-17-13)12(20)19-7-3-10(4-8-19)9-18-5-1-2-6-18/h10H,1-9H2,(H3,14,15,16,17). The van der Waals surface area contributed by atoms with Crippen molar-refractivity contribution in [3.8, 4) is 0 Å². The minimum atomic E-state index is -0.0891. The Kier molecular flexibility index (Phi) is 3.86. The quantitative estimate of drug-likeness (QED) is 0.831. The fourth-order valence-electron chi connectivity index (χ4n) is 3.17. The van der Waals surface area contributed by atoms with Gasteiger partial charge in [-0.1, -0.05) is 0 Å². The number of hydrogen-bond donors (Lipinski definition) is 2. The van der Waals surface area contributed by atoms with Crippen molar-refractivity contribution in [3.05, 3.63) is 5.82 Å². The molecule has 7 heteroatoms. The van der Waals surface area contributed by atoms with Crippen molar-refractivity contribution < 1.29 is 4.79 Å². The Morgan fingerprint density at radius 3 is 2.55 bits per heavy atom. The van der Waals surface area contributed by atoms with Gasteiger partial charge >= 0.3 is 0 Å². The number of nitrogens with two attached hydrogens (primary N) is 1. The van der Waals surface area contributed by atoms with Crippen LogP contribution in [0.1, 0.15) is 36.3 Å². The van der Waals surface area contributed by atoms with Crippen molar-refractivity contribution in [2.24, 2.45) is 5.92 Å². The predicted octanol–water partition coefficient (Wildman–Crippen LogP) is 0.335. The number of carbonyl (C=O) groups excluding carboxylic acids is 1. The summed E-state index contributed by atoms with van der Waals surface area (Å²) in [7, 11) is 0. The number of carbonyl (C=O) groups is 1. The summed E-state index contributed by atoms with van der Waals surface area (Å²) in [5, 5.41) is 6.29. The fourth-order valence-corrected chi connectivity index (χ4v) is 3.17. The van der Waals surface area contributed by atoms with E-state index in [1.165, 1.54) is 32.5 Å². The first-order valence-corrected chi connectivity index (χ1v) is 7.42. The molecule has 2 saturated heterocycles. The molecule has 7 nitrogen and oxygen atoms in total. The van der Waals surface area contributed by atoms with Gasteiger partial charge in [0, 0.05) is 19.6 Å². The van der Waals surface area contributed by atoms with Gasteiger partial charge in [0.1, 0.15) is 0 Å². The van der Waals surface area contributed by atoms with E-state index in [1.54, 1.807) is 0 Å². The van der Waals surface area contributed by atoms with Gasteiger partial charge in [0.15, 0.2) is 0 Å². The number of aromatic nitrogens is 3. The lowest BCUT2D eigenvalue weighted by atomic mass is 9.96. The molecule has 3 N–H and O–H groups in total. The van der Waals surface area contributed by atoms with Crippen molar-refractivity contribution in [1.82, 2.24) is 25.0 Å². The minimum absolute atomic E-state index is 0.0891. The maximum Gasteiger partial charge on any atom is 0.291 e. The highest BCUT2D eigenvalue weighted by molar-refractivity contribution is 5.90. The van der Waals surface area contributed by atoms with E-state index in [9.17, 15) is 4.79 Å². The smallest absolute Gasteiger partial charge is 0.291 e. The molecule has 110 valence electrons. The van der Waals surface area contributed by atoms with Crippen LogP contribution in [0.3, 0.4) is 0 Å². The first-order chi connectivity index (χ1) is 9.72. The largest absolute Gasteiger partial charge is 0.366 e. The summed E-state index contributed by atoms with van der Waals surface area (Å²) >= 11 is 0. The van der Waals surface area contributed by atoms with Crippen LogP contribution in [0.5, 0.6) is 0 Å². The van der Waals surface area contributed by atoms with E-state index in [2.05, 4.69) is 20.1 Å². The molecule has 1 aromatic rings. The van der Waals surface area contributed by atoms with Crippen LogP contribution in [-0.4, -0.2) is 63.6 Å². The van der Waals surface area contributed by atoms with Gasteiger partial charge in [-0.25, -0.2) is 0 Å². The van der Waals surface area contributed by atoms with Crippen molar-refractivity contribution in [1.29, 1.82) is 0 Å². The van der Waals surface area contributed by atoms with Crippen molar-refractivity contribution in [2.45, 2.75) is 25.7 Å². The van der Waals surface area contributed by atoms with Gasteiger partial charge in [-0.15, -0.1) is 5.10 Å². The maximum atomic E-state index is 12.2. The highest BCUT2D eigenvalue weighted by atomic mass is 16.2. The number of aromatic amines is 1. The van der Waals surface area contributed by atoms with Gasteiger partial charge in [-0.3, -0.25) is 9.89 Å². The lowest BCUT2D eigenvalue weighted by Crippen LogP contribution is -2.41. The monoisotopic (exact) mass is 278 g/mol. The van der Waals surface area contributed by atoms with Crippen LogP contribution >= 0.6 is 0 Å². The summed E-state index contributed by atoms with van der Waals surface area (Å²) in [5.41, 5.74) is 5.43. The van der Waals surface area contributed by atoms with E-state index >= 15 is 0 Å². The van der Waals surface area contributed by atoms with Crippen molar-refractivity contribution in [2.75, 3.05) is 38.5 Å². The van der Waals surface area contributed by atoms with Gasteiger partial charge in [0.25, 0.3) is 5.91 Å². The van der Waals surface area contributed by atoms with Gasteiger partial charge in [0.2, 0.25) is 11.8 Å². The second kappa shape index (κ2) is 5.78. The Morgan fingerprint density at radius 1 is 1.25 bits per heavy atom. The number of rotatable bonds is 3. The van der Waals surface area contributed by atoms with Crippen LogP contribution < -0.4 is 5.73 Å². The second-order valence-corrected chi connectivity index (χ2v) is 5.79. The van der Waals surface area contributed by atoms with E-state index < -0.39 is 0 Å². The molecule has 0 unspecified atom stereocenters. The lowest BCUT2D eigenvalue weighted by Gasteiger charge is -2.33. The summed E-state index contributed by atoms with van der Waals surface area (Å²) in [6, 6.07) is 0. The SMILES string of the molecule is Nc1n[nH]c(C(=O)N2CCC(CN3CCCC3)CC2)n1. The van der Waals surface area contributed by atoms with Crippen molar-refractivity contribution >= 4 is 11.9 Å². The molecule has 3 heterocycles. The van der Waals surface area contributed by atoms with Gasteiger partial charge in [0.05, 0.1) is 0 Å². The number of anilines is 1. The van der Waals surface area contributed by atoms with Gasteiger partial charge in [-0.2, -0.15) is 4.98 Å². The van der Waals surface area contributed by atoms with Gasteiger partial charge in [-0.05, 0) is 44.7 Å². The summed E-state index contributed by atoms with van der Waals surface area (Å²) in [5.74, 6) is 1.00. The third-order valence-electron chi connectivity index (χ3n) is 4.32. The highest BCUT2D eigenvalue weighted by Crippen LogP contribution is 2.21. The van der Waals surface area contributed by atoms with Crippen LogP contribution in [0.25, 0.3) is 0 Å². The molecule has 3 rings (SSSR count). The molecular weight excluding hydrogens is 256 g/mol. The molecule has 0 aromatic carbocycles. The number of likely N-dealkylation sites (tertiary alicyclic amines) is 2. The Bertz CT molecular complexity index is 459. The summed E-state index contributed by atoms with van der Waals surface area (Å²) < 4.78 is 0. The maximum absolute atomic E-state index is 12.2. The van der Waals surface area contributed by atoms with Crippen LogP contribution in [0, 0.1) is 5.92 Å². The van der Waals surface area contributed by atoms with E-state index in [4.69, 9.17) is 5.73 Å². The Hall–Kier alpha value is -1.63. The Balaban J connectivity index is 1.49. The zero-order chi connectivity index (χ0) is 13.9. The third kappa shape index (κ3) is 2.92. The predicted molar refractivity (Wildman–Crippen MR) is 75.1 cm³/mol. The average molecular weight is 278 g/mol. The van der Waals surface area contributed by atoms with E-state index in [0.717, 1.165) is 31.8 Å². The summed E-state index contributed by atoms with van der Waals surface area (Å²) in [6.07, 6.45) is 4.83. The first-order valence-electron chi connectivity index (χ1n) is 7.42. The topological polar surface area (TPSA) is 91.1 Å². The van der Waals surface area contributed by atoms with Crippen molar-refractivity contribution in [3.63, 3.8) is 0 Å². The second-order valence-electron chi connectivity index (χ2n) is 5.79.